The molecule has 0 saturated heterocycles. The van der Waals surface area contributed by atoms with Crippen LogP contribution >= 0.6 is 0 Å². The normalized spacial score (nSPS) is 8.79. The standard InChI is InChI=1S/C5H6N2.3C5H12.2C4H5N3.3C2H6.CH4.3H2/c6-5-3-1-2-4-7-5;3*1-5(2,3)4;5-4-1-2-6-3-7-4;5-4-2-1-3-6-7-4;3*1-2;;;;/h1-4H,(H2,6,7);3*1-4H3;1-3H,(H2,5,6,7);1-3H,(H2,5,7);3*1-2H3;1H4;3*1H/i;;;;;;;;;;3*1+1. The largest absolute Gasteiger partial charge is 0.384 e. The summed E-state index contributed by atoms with van der Waals surface area (Å²) in [5.41, 5.74) is 17.1. The average Bonchev–Trinajstić information content (AvgIpc) is 2.87. The minimum atomic E-state index is 0. The Bertz CT molecular complexity index is 719. The second-order valence-corrected chi connectivity index (χ2v) is 12.5. The van der Waals surface area contributed by atoms with Crippen molar-refractivity contribution in [2.45, 2.75) is 132 Å². The first-order chi connectivity index (χ1) is 19.2. The lowest BCUT2D eigenvalue weighted by atomic mass is 10.0. The zero-order valence-corrected chi connectivity index (χ0v) is 30.7. The second-order valence-electron chi connectivity index (χ2n) is 12.5. The smallest absolute Gasteiger partial charge is 0.146 e. The first-order valence-corrected chi connectivity index (χ1v) is 14.9. The Morgan fingerprint density at radius 1 is 0.488 bits per heavy atom. The van der Waals surface area contributed by atoms with Crippen LogP contribution in [-0.4, -0.2) is 25.1 Å². The number of pyridine rings is 1. The number of rotatable bonds is 0. The Balaban J connectivity index is -0.0000000405. The van der Waals surface area contributed by atoms with E-state index in [9.17, 15) is 0 Å². The highest BCUT2D eigenvalue weighted by Crippen LogP contribution is 2.09. The number of nitrogen functional groups attached to an aromatic ring is 3. The van der Waals surface area contributed by atoms with Crippen molar-refractivity contribution in [2.75, 3.05) is 17.2 Å². The van der Waals surface area contributed by atoms with E-state index in [2.05, 4.69) is 108 Å². The second kappa shape index (κ2) is 36.7. The molecule has 8 nitrogen and oxygen atoms in total. The Morgan fingerprint density at radius 3 is 1.00 bits per heavy atom. The molecule has 0 unspecified atom stereocenters. The first kappa shape index (κ1) is 55.6. The summed E-state index contributed by atoms with van der Waals surface area (Å²) in [6.07, 6.45) is 6.25. The number of nitrogens with zero attached hydrogens (tertiary/aromatic N) is 5. The molecule has 3 aromatic heterocycles. The van der Waals surface area contributed by atoms with Gasteiger partial charge in [-0.05, 0) is 46.6 Å². The van der Waals surface area contributed by atoms with Gasteiger partial charge in [0.2, 0.25) is 0 Å². The maximum atomic E-state index is 5.25. The summed E-state index contributed by atoms with van der Waals surface area (Å²) in [6.45, 7) is 38.2. The topological polar surface area (TPSA) is 143 Å². The van der Waals surface area contributed by atoms with E-state index in [4.69, 9.17) is 17.2 Å². The van der Waals surface area contributed by atoms with Crippen LogP contribution in [0, 0.1) is 16.2 Å². The van der Waals surface area contributed by atoms with Crippen LogP contribution in [0.4, 0.5) is 17.5 Å². The monoisotopic (exact) mass is 616 g/mol. The van der Waals surface area contributed by atoms with Crippen molar-refractivity contribution in [3.05, 3.63) is 61.3 Å². The lowest BCUT2D eigenvalue weighted by Gasteiger charge is -2.05. The van der Waals surface area contributed by atoms with Gasteiger partial charge in [-0.1, -0.05) is 138 Å². The molecule has 260 valence electrons. The summed E-state index contributed by atoms with van der Waals surface area (Å²) in [7, 11) is 0. The van der Waals surface area contributed by atoms with Crippen LogP contribution in [0.3, 0.4) is 0 Å². The van der Waals surface area contributed by atoms with E-state index >= 15 is 0 Å². The number of anilines is 3. The fraction of sp³-hybridized carbons (Fsp3) is 0.629. The number of nitrogens with two attached hydrogens (primary N) is 3. The van der Waals surface area contributed by atoms with Crippen molar-refractivity contribution in [1.29, 1.82) is 0 Å². The van der Waals surface area contributed by atoms with E-state index in [1.165, 1.54) is 6.33 Å². The molecule has 0 aliphatic heterocycles. The SMILES string of the molecule is C.CC.CC.CC.CC(C)(C)C.CC(C)(C)C.CC(C)(C)C.Nc1ccccn1.Nc1cccnn1.Nc1ccncn1.[2HH].[2HH].[2HH]. The molecule has 0 fully saturated rings. The molecule has 0 bridgehead atoms. The number of hydrogen-bond donors (Lipinski definition) is 3. The van der Waals surface area contributed by atoms with Gasteiger partial charge < -0.3 is 17.2 Å². The van der Waals surface area contributed by atoms with Gasteiger partial charge in [-0.15, -0.1) is 5.10 Å². The van der Waals surface area contributed by atoms with Crippen LogP contribution < -0.4 is 17.2 Å². The molecule has 0 aliphatic rings. The number of hydrogen-bond acceptors (Lipinski definition) is 8. The quantitative estimate of drug-likeness (QED) is 0.226. The van der Waals surface area contributed by atoms with Crippen LogP contribution in [0.25, 0.3) is 0 Å². The van der Waals surface area contributed by atoms with Gasteiger partial charge in [-0.3, -0.25) is 0 Å². The van der Waals surface area contributed by atoms with E-state index in [1.807, 2.05) is 53.7 Å². The molecular weight excluding hydrogens is 532 g/mol. The molecule has 0 aliphatic carbocycles. The molecule has 43 heavy (non-hydrogen) atoms. The zero-order valence-electron chi connectivity index (χ0n) is 30.7. The van der Waals surface area contributed by atoms with Crippen LogP contribution in [0.2, 0.25) is 0 Å². The van der Waals surface area contributed by atoms with Gasteiger partial charge in [0, 0.05) is 22.9 Å². The lowest BCUT2D eigenvalue weighted by Crippen LogP contribution is -1.93. The predicted octanol–water partition coefficient (Wildman–Crippen LogP) is 11.4. The molecule has 0 atom stereocenters. The van der Waals surface area contributed by atoms with Gasteiger partial charge in [-0.2, -0.15) is 5.10 Å². The van der Waals surface area contributed by atoms with Crippen molar-refractivity contribution < 1.29 is 4.28 Å². The molecular formula is C35H80N8. The first-order valence-electron chi connectivity index (χ1n) is 14.9. The van der Waals surface area contributed by atoms with E-state index in [0.29, 0.717) is 33.7 Å². The number of aromatic nitrogens is 5. The molecule has 3 rings (SSSR count). The Morgan fingerprint density at radius 2 is 0.860 bits per heavy atom. The molecule has 0 radical (unpaired) electrons. The third-order valence-electron chi connectivity index (χ3n) is 1.89. The fourth-order valence-electron chi connectivity index (χ4n) is 0.990. The van der Waals surface area contributed by atoms with Crippen LogP contribution in [0.5, 0.6) is 0 Å². The predicted molar refractivity (Wildman–Crippen MR) is 204 cm³/mol. The zero-order chi connectivity index (χ0) is 34.8. The molecule has 3 aromatic rings. The van der Waals surface area contributed by atoms with Gasteiger partial charge in [0.05, 0.1) is 0 Å². The van der Waals surface area contributed by atoms with Gasteiger partial charge in [0.15, 0.2) is 0 Å². The third kappa shape index (κ3) is 122. The lowest BCUT2D eigenvalue weighted by molar-refractivity contribution is 0.469. The van der Waals surface area contributed by atoms with Crippen LogP contribution in [-0.2, 0) is 0 Å². The summed E-state index contributed by atoms with van der Waals surface area (Å²) in [6, 6.07) is 10.5. The minimum absolute atomic E-state index is 0. The Kier molecular flexibility index (Phi) is 47.5. The molecule has 0 aromatic carbocycles. The van der Waals surface area contributed by atoms with Crippen LogP contribution in [0.1, 0.15) is 136 Å². The van der Waals surface area contributed by atoms with Crippen LogP contribution in [0.15, 0.2) is 61.3 Å². The summed E-state index contributed by atoms with van der Waals surface area (Å²) in [5, 5.41) is 7.02. The summed E-state index contributed by atoms with van der Waals surface area (Å²) >= 11 is 0. The maximum Gasteiger partial charge on any atom is 0.146 e. The van der Waals surface area contributed by atoms with Gasteiger partial charge in [-0.25, -0.2) is 15.0 Å². The van der Waals surface area contributed by atoms with E-state index in [-0.39, 0.29) is 11.7 Å². The van der Waals surface area contributed by atoms with E-state index in [0.717, 1.165) is 0 Å². The Labute approximate surface area is 273 Å². The molecule has 0 spiro atoms. The highest BCUT2D eigenvalue weighted by Gasteiger charge is 1.96. The highest BCUT2D eigenvalue weighted by atomic mass is 15.1. The molecule has 0 amide bonds. The van der Waals surface area contributed by atoms with Crippen molar-refractivity contribution in [1.82, 2.24) is 25.1 Å². The van der Waals surface area contributed by atoms with E-state index in [1.54, 1.807) is 42.9 Å². The maximum absolute atomic E-state index is 5.25. The van der Waals surface area contributed by atoms with Crippen molar-refractivity contribution in [3.8, 4) is 0 Å². The fourth-order valence-corrected chi connectivity index (χ4v) is 0.990. The van der Waals surface area contributed by atoms with Gasteiger partial charge >= 0.3 is 0 Å². The van der Waals surface area contributed by atoms with Crippen molar-refractivity contribution in [3.63, 3.8) is 0 Å². The van der Waals surface area contributed by atoms with E-state index < -0.39 is 0 Å². The summed E-state index contributed by atoms with van der Waals surface area (Å²) < 4.78 is 0. The van der Waals surface area contributed by atoms with Crippen molar-refractivity contribution in [2.24, 2.45) is 16.2 Å². The molecule has 3 heterocycles. The van der Waals surface area contributed by atoms with Gasteiger partial charge in [0.1, 0.15) is 23.8 Å². The molecule has 0 saturated carbocycles. The summed E-state index contributed by atoms with van der Waals surface area (Å²) in [5.74, 6) is 1.54. The molecule has 8 heteroatoms. The Hall–Kier alpha value is -3.29. The third-order valence-corrected chi connectivity index (χ3v) is 1.89. The van der Waals surface area contributed by atoms with Crippen molar-refractivity contribution >= 4 is 17.5 Å². The van der Waals surface area contributed by atoms with Gasteiger partial charge in [0.25, 0.3) is 0 Å². The summed E-state index contributed by atoms with van der Waals surface area (Å²) in [4.78, 5) is 11.1. The highest BCUT2D eigenvalue weighted by molar-refractivity contribution is 5.25. The average molecular weight is 616 g/mol. The minimum Gasteiger partial charge on any atom is -0.384 e. The molecule has 6 N–H and O–H groups in total.